The van der Waals surface area contributed by atoms with Gasteiger partial charge in [0.25, 0.3) is 0 Å². The van der Waals surface area contributed by atoms with Crippen LogP contribution in [0.15, 0.2) is 49.3 Å². The minimum absolute atomic E-state index is 0.161. The molecule has 0 bridgehead atoms. The molecule has 0 N–H and O–H groups in total. The first-order valence-corrected chi connectivity index (χ1v) is 12.0. The van der Waals surface area contributed by atoms with Crippen LogP contribution in [0.2, 0.25) is 0 Å². The molecule has 5 atom stereocenters. The van der Waals surface area contributed by atoms with Gasteiger partial charge < -0.3 is 14.2 Å². The number of hydrogen-bond acceptors (Lipinski definition) is 3. The van der Waals surface area contributed by atoms with Crippen molar-refractivity contribution in [2.45, 2.75) is 110 Å². The highest BCUT2D eigenvalue weighted by Crippen LogP contribution is 2.39. The first-order valence-electron chi connectivity index (χ1n) is 12.0. The van der Waals surface area contributed by atoms with E-state index in [9.17, 15) is 0 Å². The SMILES string of the molecule is C=CO[C@@H]1C=C[C@@H](C[C@@H]2OC(C)(C)O[C@H]2CC/C=C/C)[C@H](CCCCC/C=C/C)C1. The predicted octanol–water partition coefficient (Wildman–Crippen LogP) is 7.50. The van der Waals surface area contributed by atoms with Gasteiger partial charge in [-0.15, -0.1) is 0 Å². The zero-order chi connectivity index (χ0) is 21.8. The van der Waals surface area contributed by atoms with E-state index >= 15 is 0 Å². The van der Waals surface area contributed by atoms with Gasteiger partial charge in [-0.2, -0.15) is 0 Å². The summed E-state index contributed by atoms with van der Waals surface area (Å²) in [6, 6.07) is 0. The van der Waals surface area contributed by atoms with E-state index in [4.69, 9.17) is 14.2 Å². The Balaban J connectivity index is 1.97. The number of ether oxygens (including phenoxy) is 3. The molecule has 0 aromatic rings. The first kappa shape index (κ1) is 24.9. The number of unbranched alkanes of at least 4 members (excludes halogenated alkanes) is 3. The average molecular weight is 417 g/mol. The van der Waals surface area contributed by atoms with Crippen molar-refractivity contribution >= 4 is 0 Å². The Morgan fingerprint density at radius 2 is 1.70 bits per heavy atom. The molecule has 0 amide bonds. The van der Waals surface area contributed by atoms with Crippen LogP contribution in [0.3, 0.4) is 0 Å². The average Bonchev–Trinajstić information content (AvgIpc) is 3.00. The molecule has 1 heterocycles. The quantitative estimate of drug-likeness (QED) is 0.177. The lowest BCUT2D eigenvalue weighted by Gasteiger charge is -2.33. The zero-order valence-electron chi connectivity index (χ0n) is 19.7. The van der Waals surface area contributed by atoms with Crippen LogP contribution in [0.1, 0.15) is 85.5 Å². The molecule has 1 aliphatic carbocycles. The van der Waals surface area contributed by atoms with Crippen molar-refractivity contribution in [1.29, 1.82) is 0 Å². The van der Waals surface area contributed by atoms with Crippen molar-refractivity contribution in [1.82, 2.24) is 0 Å². The molecule has 0 aromatic heterocycles. The van der Waals surface area contributed by atoms with E-state index in [0.717, 1.165) is 25.7 Å². The molecule has 3 heteroatoms. The van der Waals surface area contributed by atoms with Crippen LogP contribution in [0.25, 0.3) is 0 Å². The summed E-state index contributed by atoms with van der Waals surface area (Å²) in [5.41, 5.74) is 0. The Hall–Kier alpha value is -1.32. The number of hydrogen-bond donors (Lipinski definition) is 0. The maximum Gasteiger partial charge on any atom is 0.163 e. The van der Waals surface area contributed by atoms with Gasteiger partial charge in [-0.1, -0.05) is 49.8 Å². The van der Waals surface area contributed by atoms with Crippen LogP contribution in [0.5, 0.6) is 0 Å². The van der Waals surface area contributed by atoms with Crippen molar-refractivity contribution in [3.63, 3.8) is 0 Å². The fourth-order valence-electron chi connectivity index (χ4n) is 4.86. The highest BCUT2D eigenvalue weighted by molar-refractivity contribution is 5.04. The molecule has 0 unspecified atom stereocenters. The summed E-state index contributed by atoms with van der Waals surface area (Å²) in [5, 5.41) is 0. The van der Waals surface area contributed by atoms with Gasteiger partial charge in [0.1, 0.15) is 6.10 Å². The van der Waals surface area contributed by atoms with E-state index < -0.39 is 5.79 Å². The molecular weight excluding hydrogens is 372 g/mol. The summed E-state index contributed by atoms with van der Waals surface area (Å²) in [6.45, 7) is 12.0. The van der Waals surface area contributed by atoms with Gasteiger partial charge in [-0.25, -0.2) is 0 Å². The summed E-state index contributed by atoms with van der Waals surface area (Å²) in [4.78, 5) is 0. The van der Waals surface area contributed by atoms with Gasteiger partial charge in [-0.05, 0) is 90.6 Å². The van der Waals surface area contributed by atoms with Crippen LogP contribution >= 0.6 is 0 Å². The fourth-order valence-corrected chi connectivity index (χ4v) is 4.86. The molecule has 0 spiro atoms. The molecule has 1 saturated heterocycles. The minimum Gasteiger partial charge on any atom is -0.495 e. The van der Waals surface area contributed by atoms with Crippen LogP contribution in [0.4, 0.5) is 0 Å². The lowest BCUT2D eigenvalue weighted by atomic mass is 9.76. The Kier molecular flexibility index (Phi) is 11.0. The van der Waals surface area contributed by atoms with Gasteiger partial charge in [0.05, 0.1) is 18.5 Å². The molecule has 0 saturated carbocycles. The van der Waals surface area contributed by atoms with Crippen molar-refractivity contribution < 1.29 is 14.2 Å². The zero-order valence-corrected chi connectivity index (χ0v) is 19.7. The molecule has 1 fully saturated rings. The predicted molar refractivity (Wildman–Crippen MR) is 126 cm³/mol. The van der Waals surface area contributed by atoms with Crippen LogP contribution in [0, 0.1) is 11.8 Å². The lowest BCUT2D eigenvalue weighted by Crippen LogP contribution is -2.31. The maximum atomic E-state index is 6.35. The maximum absolute atomic E-state index is 6.35. The highest BCUT2D eigenvalue weighted by atomic mass is 16.7. The van der Waals surface area contributed by atoms with Gasteiger partial charge in [0.15, 0.2) is 5.79 Å². The van der Waals surface area contributed by atoms with E-state index in [1.165, 1.54) is 32.1 Å². The molecule has 3 nitrogen and oxygen atoms in total. The smallest absolute Gasteiger partial charge is 0.163 e. The Morgan fingerprint density at radius 3 is 2.43 bits per heavy atom. The summed E-state index contributed by atoms with van der Waals surface area (Å²) < 4.78 is 18.3. The molecule has 0 aromatic carbocycles. The molecule has 0 radical (unpaired) electrons. The van der Waals surface area contributed by atoms with E-state index in [0.29, 0.717) is 11.8 Å². The summed E-state index contributed by atoms with van der Waals surface area (Å²) in [7, 11) is 0. The van der Waals surface area contributed by atoms with Crippen LogP contribution < -0.4 is 0 Å². The molecule has 2 rings (SSSR count). The van der Waals surface area contributed by atoms with Crippen molar-refractivity contribution in [3.8, 4) is 0 Å². The van der Waals surface area contributed by atoms with Crippen LogP contribution in [-0.4, -0.2) is 24.1 Å². The normalized spacial score (nSPS) is 31.0. The third-order valence-electron chi connectivity index (χ3n) is 6.31. The topological polar surface area (TPSA) is 27.7 Å². The standard InChI is InChI=1S/C27H44O3/c1-6-9-11-12-13-15-16-22-20-24(28-8-3)19-18-23(22)21-26-25(17-14-10-7-2)29-27(4,5)30-26/h6-10,18-19,22-26H,3,11-17,20-21H2,1-2,4-5H3/b9-6+,10-7+/t22-,23+,24-,25+,26+/m1/s1. The van der Waals surface area contributed by atoms with Crippen molar-refractivity contribution in [3.05, 3.63) is 49.3 Å². The summed E-state index contributed by atoms with van der Waals surface area (Å²) in [5.74, 6) is 0.669. The van der Waals surface area contributed by atoms with Gasteiger partial charge in [0.2, 0.25) is 0 Å². The van der Waals surface area contributed by atoms with E-state index in [1.54, 1.807) is 6.26 Å². The Labute approximate surface area is 185 Å². The summed E-state index contributed by atoms with van der Waals surface area (Å²) >= 11 is 0. The Bertz CT molecular complexity index is 575. The van der Waals surface area contributed by atoms with E-state index in [1.807, 2.05) is 13.8 Å². The van der Waals surface area contributed by atoms with Gasteiger partial charge >= 0.3 is 0 Å². The third kappa shape index (κ3) is 8.43. The second-order valence-electron chi connectivity index (χ2n) is 9.19. The Morgan fingerprint density at radius 1 is 0.967 bits per heavy atom. The summed E-state index contributed by atoms with van der Waals surface area (Å²) in [6.07, 6.45) is 25.9. The van der Waals surface area contributed by atoms with E-state index in [2.05, 4.69) is 56.9 Å². The minimum atomic E-state index is -0.486. The van der Waals surface area contributed by atoms with Crippen LogP contribution in [-0.2, 0) is 14.2 Å². The van der Waals surface area contributed by atoms with Gasteiger partial charge in [-0.3, -0.25) is 0 Å². The first-order chi connectivity index (χ1) is 14.5. The molecule has 170 valence electrons. The second-order valence-corrected chi connectivity index (χ2v) is 9.19. The molecular formula is C27H44O3. The molecule has 2 aliphatic rings. The number of rotatable bonds is 13. The van der Waals surface area contributed by atoms with Crippen molar-refractivity contribution in [2.24, 2.45) is 11.8 Å². The second kappa shape index (κ2) is 13.2. The highest BCUT2D eigenvalue weighted by Gasteiger charge is 2.42. The molecule has 30 heavy (non-hydrogen) atoms. The van der Waals surface area contributed by atoms with Gasteiger partial charge in [0, 0.05) is 0 Å². The fraction of sp³-hybridized carbons (Fsp3) is 0.704. The molecule has 1 aliphatic heterocycles. The van der Waals surface area contributed by atoms with Crippen molar-refractivity contribution in [2.75, 3.05) is 0 Å². The number of allylic oxidation sites excluding steroid dienone is 5. The third-order valence-corrected chi connectivity index (χ3v) is 6.31. The lowest BCUT2D eigenvalue weighted by molar-refractivity contribution is -0.148. The monoisotopic (exact) mass is 416 g/mol. The largest absolute Gasteiger partial charge is 0.495 e. The van der Waals surface area contributed by atoms with E-state index in [-0.39, 0.29) is 18.3 Å².